The molecule has 0 radical (unpaired) electrons. The number of furan rings is 1. The van der Waals surface area contributed by atoms with E-state index in [0.717, 1.165) is 22.1 Å². The van der Waals surface area contributed by atoms with Crippen molar-refractivity contribution in [2.45, 2.75) is 32.2 Å². The molecule has 5 nitrogen and oxygen atoms in total. The van der Waals surface area contributed by atoms with Crippen LogP contribution in [-0.4, -0.2) is 17.0 Å². The average molecular weight is 363 g/mol. The highest BCUT2D eigenvalue weighted by molar-refractivity contribution is 5.89. The van der Waals surface area contributed by atoms with Crippen molar-refractivity contribution in [3.05, 3.63) is 71.5 Å². The van der Waals surface area contributed by atoms with Gasteiger partial charge >= 0.3 is 5.97 Å². The average Bonchev–Trinajstić information content (AvgIpc) is 3.22. The van der Waals surface area contributed by atoms with Gasteiger partial charge in [0, 0.05) is 5.39 Å². The number of carbonyl (C=O) groups excluding carboxylic acids is 1. The maximum absolute atomic E-state index is 13.2. The third-order valence-electron chi connectivity index (χ3n) is 5.37. The van der Waals surface area contributed by atoms with Gasteiger partial charge in [-0.25, -0.2) is 0 Å². The molecule has 27 heavy (non-hydrogen) atoms. The summed E-state index contributed by atoms with van der Waals surface area (Å²) in [6.07, 6.45) is 0.683. The van der Waals surface area contributed by atoms with Gasteiger partial charge in [-0.2, -0.15) is 0 Å². The summed E-state index contributed by atoms with van der Waals surface area (Å²) in [6.45, 7) is 1.85. The van der Waals surface area contributed by atoms with Gasteiger partial charge in [-0.3, -0.25) is 9.59 Å². The molecule has 3 aromatic rings. The Morgan fingerprint density at radius 2 is 1.74 bits per heavy atom. The summed E-state index contributed by atoms with van der Waals surface area (Å²) in [5.74, 6) is -0.547. The molecule has 0 fully saturated rings. The van der Waals surface area contributed by atoms with Crippen LogP contribution in [0.5, 0.6) is 0 Å². The van der Waals surface area contributed by atoms with E-state index in [-0.39, 0.29) is 18.4 Å². The second-order valence-electron chi connectivity index (χ2n) is 7.35. The normalized spacial score (nSPS) is 16.0. The smallest absolute Gasteiger partial charge is 0.304 e. The first-order valence-electron chi connectivity index (χ1n) is 9.05. The molecule has 2 N–H and O–H groups in total. The third kappa shape index (κ3) is 3.21. The van der Waals surface area contributed by atoms with E-state index in [0.29, 0.717) is 18.6 Å². The van der Waals surface area contributed by atoms with Crippen LogP contribution >= 0.6 is 0 Å². The lowest BCUT2D eigenvalue weighted by Crippen LogP contribution is -2.44. The van der Waals surface area contributed by atoms with Crippen LogP contribution in [0.25, 0.3) is 11.0 Å². The number of nitrogens with one attached hydrogen (secondary N) is 1. The van der Waals surface area contributed by atoms with Crippen molar-refractivity contribution in [1.29, 1.82) is 0 Å². The first-order valence-corrected chi connectivity index (χ1v) is 9.05. The van der Waals surface area contributed by atoms with Crippen LogP contribution in [0.1, 0.15) is 36.3 Å². The number of carbonyl (C=O) groups is 2. The molecule has 1 aromatic heterocycles. The zero-order valence-corrected chi connectivity index (χ0v) is 15.1. The first-order chi connectivity index (χ1) is 13.0. The first kappa shape index (κ1) is 17.3. The van der Waals surface area contributed by atoms with E-state index in [1.54, 1.807) is 0 Å². The number of carboxylic acids is 1. The largest absolute Gasteiger partial charge is 0.481 e. The number of aliphatic carboxylic acids is 1. The van der Waals surface area contributed by atoms with Crippen molar-refractivity contribution >= 4 is 22.8 Å². The van der Waals surface area contributed by atoms with Gasteiger partial charge in [0.05, 0.1) is 17.9 Å². The minimum Gasteiger partial charge on any atom is -0.481 e. The summed E-state index contributed by atoms with van der Waals surface area (Å²) in [4.78, 5) is 24.6. The number of benzene rings is 2. The standard InChI is InChI=1S/C22H21NO4/c1-14(19-10-15-6-4-5-9-18(15)27-19)23-21(26)22(13-20(24)25)11-16-7-2-3-8-17(16)12-22/h2-10,14H,11-13H2,1H3,(H,23,26)(H,24,25). The number of hydrogen-bond donors (Lipinski definition) is 2. The lowest BCUT2D eigenvalue weighted by molar-refractivity contribution is -0.145. The Hall–Kier alpha value is -3.08. The molecule has 138 valence electrons. The lowest BCUT2D eigenvalue weighted by Gasteiger charge is -2.27. The Kier molecular flexibility index (Phi) is 4.22. The molecular formula is C22H21NO4. The lowest BCUT2D eigenvalue weighted by atomic mass is 9.80. The van der Waals surface area contributed by atoms with Crippen LogP contribution in [0.3, 0.4) is 0 Å². The zero-order chi connectivity index (χ0) is 19.0. The molecular weight excluding hydrogens is 342 g/mol. The van der Waals surface area contributed by atoms with Crippen LogP contribution in [0.15, 0.2) is 59.0 Å². The summed E-state index contributed by atoms with van der Waals surface area (Å²) in [5, 5.41) is 13.4. The van der Waals surface area contributed by atoms with Gasteiger partial charge in [0.25, 0.3) is 0 Å². The number of fused-ring (bicyclic) bond motifs is 2. The van der Waals surface area contributed by atoms with Crippen molar-refractivity contribution in [3.63, 3.8) is 0 Å². The zero-order valence-electron chi connectivity index (χ0n) is 15.1. The Labute approximate surface area is 157 Å². The van der Waals surface area contributed by atoms with Gasteiger partial charge in [-0.1, -0.05) is 42.5 Å². The molecule has 1 unspecified atom stereocenters. The van der Waals surface area contributed by atoms with Gasteiger partial charge in [0.15, 0.2) is 0 Å². The molecule has 0 spiro atoms. The number of para-hydroxylation sites is 1. The quantitative estimate of drug-likeness (QED) is 0.721. The van der Waals surface area contributed by atoms with Crippen molar-refractivity contribution in [1.82, 2.24) is 5.32 Å². The molecule has 2 aromatic carbocycles. The Balaban J connectivity index is 1.58. The number of amides is 1. The van der Waals surface area contributed by atoms with Crippen molar-refractivity contribution in [2.75, 3.05) is 0 Å². The van der Waals surface area contributed by atoms with E-state index in [9.17, 15) is 14.7 Å². The van der Waals surface area contributed by atoms with E-state index >= 15 is 0 Å². The fraction of sp³-hybridized carbons (Fsp3) is 0.273. The van der Waals surface area contributed by atoms with E-state index < -0.39 is 11.4 Å². The number of hydrogen-bond acceptors (Lipinski definition) is 3. The van der Waals surface area contributed by atoms with Gasteiger partial charge in [0.2, 0.25) is 5.91 Å². The summed E-state index contributed by atoms with van der Waals surface area (Å²) in [7, 11) is 0. The fourth-order valence-electron chi connectivity index (χ4n) is 3.99. The molecule has 1 atom stereocenters. The highest BCUT2D eigenvalue weighted by Crippen LogP contribution is 2.40. The second kappa shape index (κ2) is 6.58. The number of carboxylic acid groups (broad SMARTS) is 1. The highest BCUT2D eigenvalue weighted by atomic mass is 16.4. The molecule has 0 aliphatic heterocycles. The monoisotopic (exact) mass is 363 g/mol. The molecule has 1 amide bonds. The third-order valence-corrected chi connectivity index (χ3v) is 5.37. The maximum atomic E-state index is 13.2. The van der Waals surface area contributed by atoms with Crippen molar-refractivity contribution in [2.24, 2.45) is 5.41 Å². The van der Waals surface area contributed by atoms with Gasteiger partial charge in [-0.15, -0.1) is 0 Å². The van der Waals surface area contributed by atoms with E-state index in [2.05, 4.69) is 5.32 Å². The minimum atomic E-state index is -0.964. The van der Waals surface area contributed by atoms with E-state index in [4.69, 9.17) is 4.42 Å². The van der Waals surface area contributed by atoms with Crippen LogP contribution in [0.4, 0.5) is 0 Å². The van der Waals surface area contributed by atoms with Crippen LogP contribution in [0.2, 0.25) is 0 Å². The molecule has 5 heteroatoms. The molecule has 0 saturated heterocycles. The number of rotatable bonds is 5. The molecule has 1 heterocycles. The maximum Gasteiger partial charge on any atom is 0.304 e. The Morgan fingerprint density at radius 3 is 2.37 bits per heavy atom. The van der Waals surface area contributed by atoms with Crippen LogP contribution in [0, 0.1) is 5.41 Å². The fourth-order valence-corrected chi connectivity index (χ4v) is 3.99. The Morgan fingerprint density at radius 1 is 1.11 bits per heavy atom. The summed E-state index contributed by atoms with van der Waals surface area (Å²) >= 11 is 0. The van der Waals surface area contributed by atoms with Crippen LogP contribution in [-0.2, 0) is 22.4 Å². The summed E-state index contributed by atoms with van der Waals surface area (Å²) < 4.78 is 5.84. The topological polar surface area (TPSA) is 79.5 Å². The second-order valence-corrected chi connectivity index (χ2v) is 7.35. The van der Waals surface area contributed by atoms with Crippen LogP contribution < -0.4 is 5.32 Å². The van der Waals surface area contributed by atoms with Crippen molar-refractivity contribution < 1.29 is 19.1 Å². The van der Waals surface area contributed by atoms with Gasteiger partial charge in [-0.05, 0) is 43.0 Å². The molecule has 4 rings (SSSR count). The SMILES string of the molecule is CC(NC(=O)C1(CC(=O)O)Cc2ccccc2C1)c1cc2ccccc2o1. The molecule has 1 aliphatic carbocycles. The molecule has 1 aliphatic rings. The minimum absolute atomic E-state index is 0.194. The predicted octanol–water partition coefficient (Wildman–Crippen LogP) is 3.87. The highest BCUT2D eigenvalue weighted by Gasteiger charge is 2.45. The van der Waals surface area contributed by atoms with E-state index in [1.165, 1.54) is 0 Å². The summed E-state index contributed by atoms with van der Waals surface area (Å²) in [5.41, 5.74) is 1.90. The predicted molar refractivity (Wildman–Crippen MR) is 101 cm³/mol. The van der Waals surface area contributed by atoms with Crippen molar-refractivity contribution in [3.8, 4) is 0 Å². The Bertz CT molecular complexity index is 962. The van der Waals surface area contributed by atoms with Gasteiger partial charge in [0.1, 0.15) is 11.3 Å². The van der Waals surface area contributed by atoms with E-state index in [1.807, 2.05) is 61.5 Å². The molecule has 0 saturated carbocycles. The van der Waals surface area contributed by atoms with Gasteiger partial charge < -0.3 is 14.8 Å². The summed E-state index contributed by atoms with van der Waals surface area (Å²) in [6, 6.07) is 17.0. The molecule has 0 bridgehead atoms.